The zero-order valence-electron chi connectivity index (χ0n) is 12.1. The third-order valence-electron chi connectivity index (χ3n) is 2.97. The maximum atomic E-state index is 11.4. The third-order valence-corrected chi connectivity index (χ3v) is 4.43. The molecule has 0 saturated heterocycles. The Morgan fingerprint density at radius 2 is 1.54 bits per heavy atom. The second kappa shape index (κ2) is 7.62. The van der Waals surface area contributed by atoms with Gasteiger partial charge in [0, 0.05) is 6.42 Å². The molecule has 0 aromatic heterocycles. The lowest BCUT2D eigenvalue weighted by atomic mass is 10.0. The first-order valence-corrected chi connectivity index (χ1v) is 9.95. The SMILES string of the molecule is O=C(O)C(Cc1cccc(O)c1O)N(CP(=O)(O)O)CP(=O)(O)O. The van der Waals surface area contributed by atoms with Crippen molar-refractivity contribution in [3.05, 3.63) is 23.8 Å². The van der Waals surface area contributed by atoms with Crippen LogP contribution in [0.15, 0.2) is 18.2 Å². The zero-order valence-corrected chi connectivity index (χ0v) is 13.9. The standard InChI is InChI=1S/C11H17NO10P2/c13-9-3-1-2-7(10(9)14)4-8(11(15)16)12(5-23(17,18)19)6-24(20,21)22/h1-3,8,13-14H,4-6H2,(H,15,16)(H2,17,18,19)(H2,20,21,22). The van der Waals surface area contributed by atoms with Crippen LogP contribution in [0, 0.1) is 0 Å². The molecular formula is C11H17NO10P2. The van der Waals surface area contributed by atoms with Crippen molar-refractivity contribution in [2.45, 2.75) is 12.5 Å². The summed E-state index contributed by atoms with van der Waals surface area (Å²) in [6, 6.07) is 1.95. The summed E-state index contributed by atoms with van der Waals surface area (Å²) in [4.78, 5) is 47.9. The monoisotopic (exact) mass is 385 g/mol. The van der Waals surface area contributed by atoms with Gasteiger partial charge in [-0.05, 0) is 11.6 Å². The van der Waals surface area contributed by atoms with Crippen molar-refractivity contribution in [1.82, 2.24) is 4.90 Å². The number of rotatable bonds is 8. The molecule has 11 nitrogen and oxygen atoms in total. The van der Waals surface area contributed by atoms with Crippen molar-refractivity contribution >= 4 is 21.2 Å². The Hall–Kier alpha value is -1.45. The van der Waals surface area contributed by atoms with E-state index in [2.05, 4.69) is 0 Å². The Bertz CT molecular complexity index is 672. The van der Waals surface area contributed by atoms with Gasteiger partial charge < -0.3 is 34.9 Å². The molecule has 1 aromatic carbocycles. The highest BCUT2D eigenvalue weighted by molar-refractivity contribution is 7.52. The molecular weight excluding hydrogens is 368 g/mol. The molecule has 0 aliphatic rings. The molecule has 0 aliphatic carbocycles. The van der Waals surface area contributed by atoms with E-state index in [4.69, 9.17) is 19.6 Å². The predicted octanol–water partition coefficient (Wildman–Crippen LogP) is -0.334. The number of para-hydroxylation sites is 1. The number of carbonyl (C=O) groups is 1. The van der Waals surface area contributed by atoms with E-state index in [1.54, 1.807) is 0 Å². The molecule has 1 rings (SSSR count). The van der Waals surface area contributed by atoms with Gasteiger partial charge in [0.15, 0.2) is 11.5 Å². The van der Waals surface area contributed by atoms with Gasteiger partial charge in [0.2, 0.25) is 0 Å². The minimum absolute atomic E-state index is 0.0659. The van der Waals surface area contributed by atoms with Gasteiger partial charge in [-0.15, -0.1) is 0 Å². The summed E-state index contributed by atoms with van der Waals surface area (Å²) in [5.74, 6) is -2.77. The van der Waals surface area contributed by atoms with Crippen LogP contribution in [0.3, 0.4) is 0 Å². The lowest BCUT2D eigenvalue weighted by Gasteiger charge is -2.29. The first kappa shape index (κ1) is 20.6. The molecule has 0 radical (unpaired) electrons. The molecule has 24 heavy (non-hydrogen) atoms. The zero-order chi connectivity index (χ0) is 18.7. The summed E-state index contributed by atoms with van der Waals surface area (Å²) in [5.41, 5.74) is -0.0659. The van der Waals surface area contributed by atoms with Gasteiger partial charge in [-0.1, -0.05) is 12.1 Å². The summed E-state index contributed by atoms with van der Waals surface area (Å²) < 4.78 is 22.3. The smallest absolute Gasteiger partial charge is 0.339 e. The molecule has 0 aliphatic heterocycles. The molecule has 136 valence electrons. The van der Waals surface area contributed by atoms with Gasteiger partial charge in [0.1, 0.15) is 18.6 Å². The van der Waals surface area contributed by atoms with Gasteiger partial charge >= 0.3 is 21.2 Å². The van der Waals surface area contributed by atoms with Crippen LogP contribution >= 0.6 is 15.2 Å². The van der Waals surface area contributed by atoms with Crippen LogP contribution in [0.4, 0.5) is 0 Å². The largest absolute Gasteiger partial charge is 0.504 e. The topological polar surface area (TPSA) is 196 Å². The fourth-order valence-electron chi connectivity index (χ4n) is 2.04. The summed E-state index contributed by atoms with van der Waals surface area (Å²) >= 11 is 0. The third kappa shape index (κ3) is 6.58. The minimum Gasteiger partial charge on any atom is -0.504 e. The second-order valence-corrected chi connectivity index (χ2v) is 8.27. The van der Waals surface area contributed by atoms with E-state index in [9.17, 15) is 29.2 Å². The summed E-state index contributed by atoms with van der Waals surface area (Å²) in [6.45, 7) is 0. The van der Waals surface area contributed by atoms with Crippen LogP contribution in [0.1, 0.15) is 5.56 Å². The van der Waals surface area contributed by atoms with E-state index in [1.165, 1.54) is 12.1 Å². The number of hydrogen-bond donors (Lipinski definition) is 7. The Kier molecular flexibility index (Phi) is 6.54. The Morgan fingerprint density at radius 3 is 1.96 bits per heavy atom. The normalized spacial score (nSPS) is 13.9. The molecule has 13 heteroatoms. The molecule has 1 unspecified atom stereocenters. The summed E-state index contributed by atoms with van der Waals surface area (Å²) in [5, 5.41) is 28.4. The molecule has 0 amide bonds. The first-order chi connectivity index (χ1) is 10.8. The van der Waals surface area contributed by atoms with Crippen molar-refractivity contribution in [3.63, 3.8) is 0 Å². The van der Waals surface area contributed by atoms with Crippen molar-refractivity contribution in [2.75, 3.05) is 12.6 Å². The summed E-state index contributed by atoms with van der Waals surface area (Å²) in [6.07, 6.45) is -2.95. The van der Waals surface area contributed by atoms with Crippen LogP contribution in [0.2, 0.25) is 0 Å². The Morgan fingerprint density at radius 1 is 1.04 bits per heavy atom. The van der Waals surface area contributed by atoms with Gasteiger partial charge in [0.05, 0.1) is 0 Å². The number of phenols is 2. The number of hydrogen-bond acceptors (Lipinski definition) is 6. The Balaban J connectivity index is 3.20. The number of phenolic OH excluding ortho intramolecular Hbond substituents is 2. The fourth-order valence-corrected chi connectivity index (χ4v) is 3.74. The lowest BCUT2D eigenvalue weighted by Crippen LogP contribution is -2.43. The van der Waals surface area contributed by atoms with E-state index in [0.29, 0.717) is 4.90 Å². The van der Waals surface area contributed by atoms with Gasteiger partial charge in [-0.2, -0.15) is 0 Å². The van der Waals surface area contributed by atoms with Crippen molar-refractivity contribution < 1.29 is 48.8 Å². The van der Waals surface area contributed by atoms with Gasteiger partial charge in [0.25, 0.3) is 0 Å². The average Bonchev–Trinajstić information content (AvgIpc) is 2.35. The molecule has 1 aromatic rings. The van der Waals surface area contributed by atoms with Crippen LogP contribution < -0.4 is 0 Å². The van der Waals surface area contributed by atoms with E-state index in [1.807, 2.05) is 0 Å². The molecule has 1 atom stereocenters. The minimum atomic E-state index is -4.82. The molecule has 7 N–H and O–H groups in total. The van der Waals surface area contributed by atoms with Crippen LogP contribution in [-0.2, 0) is 20.3 Å². The number of aliphatic carboxylic acids is 1. The highest BCUT2D eigenvalue weighted by Crippen LogP contribution is 2.42. The number of nitrogens with zero attached hydrogens (tertiary/aromatic N) is 1. The molecule has 0 spiro atoms. The highest BCUT2D eigenvalue weighted by atomic mass is 31.2. The van der Waals surface area contributed by atoms with Crippen molar-refractivity contribution in [1.29, 1.82) is 0 Å². The average molecular weight is 385 g/mol. The van der Waals surface area contributed by atoms with Crippen molar-refractivity contribution in [2.24, 2.45) is 0 Å². The number of carboxylic acid groups (broad SMARTS) is 1. The molecule has 0 heterocycles. The van der Waals surface area contributed by atoms with Crippen LogP contribution in [0.5, 0.6) is 11.5 Å². The van der Waals surface area contributed by atoms with E-state index < -0.39 is 57.7 Å². The Labute approximate surface area is 136 Å². The fraction of sp³-hybridized carbons (Fsp3) is 0.364. The molecule has 0 bridgehead atoms. The first-order valence-electron chi connectivity index (χ1n) is 6.36. The van der Waals surface area contributed by atoms with E-state index >= 15 is 0 Å². The lowest BCUT2D eigenvalue weighted by molar-refractivity contribution is -0.142. The van der Waals surface area contributed by atoms with E-state index in [-0.39, 0.29) is 5.56 Å². The molecule has 0 fully saturated rings. The van der Waals surface area contributed by atoms with Crippen LogP contribution in [-0.4, -0.2) is 64.4 Å². The van der Waals surface area contributed by atoms with E-state index in [0.717, 1.165) is 6.07 Å². The van der Waals surface area contributed by atoms with Crippen LogP contribution in [0.25, 0.3) is 0 Å². The number of benzene rings is 1. The van der Waals surface area contributed by atoms with Gasteiger partial charge in [-0.25, -0.2) is 0 Å². The molecule has 0 saturated carbocycles. The highest BCUT2D eigenvalue weighted by Gasteiger charge is 2.35. The number of aromatic hydroxyl groups is 2. The second-order valence-electron chi connectivity index (χ2n) is 5.04. The quantitative estimate of drug-likeness (QED) is 0.228. The predicted molar refractivity (Wildman–Crippen MR) is 80.6 cm³/mol. The maximum absolute atomic E-state index is 11.4. The maximum Gasteiger partial charge on any atom is 0.339 e. The van der Waals surface area contributed by atoms with Crippen molar-refractivity contribution in [3.8, 4) is 11.5 Å². The number of carboxylic acids is 1. The summed E-state index contributed by atoms with van der Waals surface area (Å²) in [7, 11) is -9.64. The van der Waals surface area contributed by atoms with Gasteiger partial charge in [-0.3, -0.25) is 18.8 Å².